The molecule has 1 aliphatic carbocycles. The van der Waals surface area contributed by atoms with E-state index < -0.39 is 0 Å². The Morgan fingerprint density at radius 3 is 2.52 bits per heavy atom. The summed E-state index contributed by atoms with van der Waals surface area (Å²) in [5.41, 5.74) is 5.94. The van der Waals surface area contributed by atoms with E-state index in [0.29, 0.717) is 28.7 Å². The average Bonchev–Trinajstić information content (AvgIpc) is 2.52. The van der Waals surface area contributed by atoms with Crippen molar-refractivity contribution in [3.63, 3.8) is 0 Å². The molecule has 0 heterocycles. The van der Waals surface area contributed by atoms with Crippen LogP contribution in [0.2, 0.25) is 0 Å². The molecular weight excluding hydrogens is 331 g/mol. The van der Waals surface area contributed by atoms with Crippen molar-refractivity contribution in [3.05, 3.63) is 30.1 Å². The van der Waals surface area contributed by atoms with Gasteiger partial charge in [-0.05, 0) is 54.8 Å². The molecule has 0 aliphatic heterocycles. The summed E-state index contributed by atoms with van der Waals surface area (Å²) in [5, 5.41) is 6.85. The number of hydrogen-bond acceptors (Lipinski definition) is 2. The van der Waals surface area contributed by atoms with E-state index in [2.05, 4.69) is 35.3 Å². The van der Waals surface area contributed by atoms with Crippen LogP contribution in [-0.4, -0.2) is 16.3 Å². The van der Waals surface area contributed by atoms with E-state index in [1.807, 2.05) is 0 Å². The van der Waals surface area contributed by atoms with Gasteiger partial charge in [-0.1, -0.05) is 38.8 Å². The Labute approximate surface area is 147 Å². The highest BCUT2D eigenvalue weighted by atomic mass is 32.1. The second kappa shape index (κ2) is 8.40. The zero-order chi connectivity index (χ0) is 16.8. The van der Waals surface area contributed by atoms with Gasteiger partial charge in [-0.3, -0.25) is 10.9 Å². The largest absolute Gasteiger partial charge is 0.358 e. The van der Waals surface area contributed by atoms with Gasteiger partial charge in [0.2, 0.25) is 0 Å². The molecular formula is C16H23FN4S2. The molecule has 0 unspecified atom stereocenters. The fraction of sp³-hybridized carbons (Fsp3) is 0.500. The van der Waals surface area contributed by atoms with E-state index in [1.54, 1.807) is 18.2 Å². The van der Waals surface area contributed by atoms with Crippen LogP contribution in [0.15, 0.2) is 24.3 Å². The average molecular weight is 355 g/mol. The zero-order valence-corrected chi connectivity index (χ0v) is 15.0. The van der Waals surface area contributed by atoms with Crippen LogP contribution in [0.5, 0.6) is 0 Å². The lowest BCUT2D eigenvalue weighted by molar-refractivity contribution is 0.224. The van der Waals surface area contributed by atoms with Crippen LogP contribution < -0.4 is 21.5 Å². The monoisotopic (exact) mass is 354 g/mol. The van der Waals surface area contributed by atoms with Crippen LogP contribution in [0.25, 0.3) is 0 Å². The smallest absolute Gasteiger partial charge is 0.189 e. The molecule has 0 amide bonds. The van der Waals surface area contributed by atoms with Crippen LogP contribution in [-0.2, 0) is 0 Å². The van der Waals surface area contributed by atoms with Gasteiger partial charge in [0.05, 0.1) is 5.69 Å². The molecule has 3 atom stereocenters. The Hall–Kier alpha value is -1.47. The third-order valence-electron chi connectivity index (χ3n) is 4.43. The standard InChI is InChI=1S/C16H23FN4S2/c1-10-6-5-9-13(11(10)2)18-15(22)20-21-16(23)19-14-8-4-3-7-12(14)17/h3-4,7-8,10-11,13H,5-6,9H2,1-2H3,(H2,18,20,22)(H2,19,21,23)/t10-,11-,13+/m1/s1. The maximum Gasteiger partial charge on any atom is 0.189 e. The molecule has 126 valence electrons. The first kappa shape index (κ1) is 17.9. The maximum absolute atomic E-state index is 13.5. The molecule has 0 saturated heterocycles. The highest BCUT2D eigenvalue weighted by Gasteiger charge is 2.27. The summed E-state index contributed by atoms with van der Waals surface area (Å²) in [6, 6.07) is 6.72. The van der Waals surface area contributed by atoms with Gasteiger partial charge in [0, 0.05) is 6.04 Å². The van der Waals surface area contributed by atoms with Crippen LogP contribution in [0, 0.1) is 17.7 Å². The fourth-order valence-electron chi connectivity index (χ4n) is 2.82. The van der Waals surface area contributed by atoms with Gasteiger partial charge < -0.3 is 10.6 Å². The van der Waals surface area contributed by atoms with E-state index >= 15 is 0 Å². The summed E-state index contributed by atoms with van der Waals surface area (Å²) in [6.07, 6.45) is 3.60. The second-order valence-electron chi connectivity index (χ2n) is 6.03. The van der Waals surface area contributed by atoms with Gasteiger partial charge in [-0.15, -0.1) is 0 Å². The first-order valence-electron chi connectivity index (χ1n) is 7.85. The van der Waals surface area contributed by atoms with Crippen molar-refractivity contribution in [2.75, 3.05) is 5.32 Å². The van der Waals surface area contributed by atoms with E-state index in [9.17, 15) is 4.39 Å². The third-order valence-corrected chi connectivity index (χ3v) is 4.86. The molecule has 7 heteroatoms. The zero-order valence-electron chi connectivity index (χ0n) is 13.4. The van der Waals surface area contributed by atoms with Gasteiger partial charge in [0.1, 0.15) is 5.82 Å². The lowest BCUT2D eigenvalue weighted by Crippen LogP contribution is -2.53. The fourth-order valence-corrected chi connectivity index (χ4v) is 3.18. The second-order valence-corrected chi connectivity index (χ2v) is 6.85. The van der Waals surface area contributed by atoms with Gasteiger partial charge in [0.25, 0.3) is 0 Å². The summed E-state index contributed by atoms with van der Waals surface area (Å²) < 4.78 is 13.5. The molecule has 1 saturated carbocycles. The Balaban J connectivity index is 1.76. The summed E-state index contributed by atoms with van der Waals surface area (Å²) in [7, 11) is 0. The van der Waals surface area contributed by atoms with Gasteiger partial charge >= 0.3 is 0 Å². The SMILES string of the molecule is C[C@@H]1[C@H](C)CCC[C@@H]1NC(=S)NNC(=S)Nc1ccccc1F. The van der Waals surface area contributed by atoms with E-state index in [1.165, 1.54) is 18.9 Å². The van der Waals surface area contributed by atoms with Crippen LogP contribution in [0.1, 0.15) is 33.1 Å². The number of thiocarbonyl (C=S) groups is 2. The van der Waals surface area contributed by atoms with Crippen molar-refractivity contribution in [3.8, 4) is 0 Å². The highest BCUT2D eigenvalue weighted by molar-refractivity contribution is 7.80. The van der Waals surface area contributed by atoms with Crippen molar-refractivity contribution < 1.29 is 4.39 Å². The summed E-state index contributed by atoms with van der Waals surface area (Å²) in [6.45, 7) is 4.53. The Bertz CT molecular complexity index is 567. The normalized spacial score (nSPS) is 23.7. The van der Waals surface area contributed by atoms with Crippen molar-refractivity contribution in [1.29, 1.82) is 0 Å². The number of nitrogens with one attached hydrogen (secondary N) is 4. The first-order valence-corrected chi connectivity index (χ1v) is 8.67. The Morgan fingerprint density at radius 1 is 1.09 bits per heavy atom. The van der Waals surface area contributed by atoms with E-state index in [0.717, 1.165) is 6.42 Å². The van der Waals surface area contributed by atoms with Gasteiger partial charge in [0.15, 0.2) is 10.2 Å². The molecule has 4 nitrogen and oxygen atoms in total. The number of hydrogen-bond donors (Lipinski definition) is 4. The maximum atomic E-state index is 13.5. The third kappa shape index (κ3) is 5.28. The van der Waals surface area contributed by atoms with Crippen molar-refractivity contribution >= 4 is 40.3 Å². The molecule has 4 N–H and O–H groups in total. The minimum Gasteiger partial charge on any atom is -0.358 e. The number of hydrazine groups is 1. The van der Waals surface area contributed by atoms with Crippen LogP contribution in [0.3, 0.4) is 0 Å². The Kier molecular flexibility index (Phi) is 6.53. The molecule has 0 spiro atoms. The molecule has 1 fully saturated rings. The van der Waals surface area contributed by atoms with Gasteiger partial charge in [-0.2, -0.15) is 0 Å². The predicted molar refractivity (Wildman–Crippen MR) is 101 cm³/mol. The number of halogens is 1. The minimum absolute atomic E-state index is 0.254. The minimum atomic E-state index is -0.359. The molecule has 0 radical (unpaired) electrons. The quantitative estimate of drug-likeness (QED) is 0.483. The molecule has 23 heavy (non-hydrogen) atoms. The van der Waals surface area contributed by atoms with Crippen molar-refractivity contribution in [1.82, 2.24) is 16.2 Å². The van der Waals surface area contributed by atoms with Gasteiger partial charge in [-0.25, -0.2) is 4.39 Å². The van der Waals surface area contributed by atoms with Crippen molar-refractivity contribution in [2.45, 2.75) is 39.2 Å². The number of rotatable bonds is 2. The summed E-state index contributed by atoms with van der Waals surface area (Å²) in [5.74, 6) is 0.912. The molecule has 1 aliphatic rings. The van der Waals surface area contributed by atoms with Crippen molar-refractivity contribution in [2.24, 2.45) is 11.8 Å². The summed E-state index contributed by atoms with van der Waals surface area (Å²) >= 11 is 10.4. The summed E-state index contributed by atoms with van der Waals surface area (Å²) in [4.78, 5) is 0. The van der Waals surface area contributed by atoms with Crippen LogP contribution in [0.4, 0.5) is 10.1 Å². The molecule has 2 rings (SSSR count). The molecule has 0 bridgehead atoms. The molecule has 1 aromatic carbocycles. The predicted octanol–water partition coefficient (Wildman–Crippen LogP) is 3.32. The topological polar surface area (TPSA) is 48.1 Å². The number of benzene rings is 1. The number of para-hydroxylation sites is 1. The lowest BCUT2D eigenvalue weighted by Gasteiger charge is -2.35. The van der Waals surface area contributed by atoms with Crippen LogP contribution >= 0.6 is 24.4 Å². The van der Waals surface area contributed by atoms with E-state index in [4.69, 9.17) is 24.4 Å². The Morgan fingerprint density at radius 2 is 1.78 bits per heavy atom. The van der Waals surface area contributed by atoms with E-state index in [-0.39, 0.29) is 10.9 Å². The molecule has 1 aromatic rings. The highest BCUT2D eigenvalue weighted by Crippen LogP contribution is 2.29. The lowest BCUT2D eigenvalue weighted by atomic mass is 9.78. The first-order chi connectivity index (χ1) is 11.0. The number of anilines is 1. The molecule has 0 aromatic heterocycles.